The van der Waals surface area contributed by atoms with Crippen LogP contribution in [0.4, 0.5) is 0 Å². The topological polar surface area (TPSA) is 105 Å². The average Bonchev–Trinajstić information content (AvgIpc) is 3.10. The Morgan fingerprint density at radius 3 is 1.57 bits per heavy atom. The Labute approximate surface area is 327 Å². The first-order chi connectivity index (χ1) is 25.5. The molecule has 0 bridgehead atoms. The van der Waals surface area contributed by atoms with Crippen molar-refractivity contribution in [2.75, 3.05) is 40.9 Å². The van der Waals surface area contributed by atoms with Crippen molar-refractivity contribution in [1.29, 1.82) is 0 Å². The fourth-order valence-corrected chi connectivity index (χ4v) is 6.49. The molecule has 53 heavy (non-hydrogen) atoms. The molecule has 3 atom stereocenters. The molecule has 0 heterocycles. The molecule has 0 aliphatic carbocycles. The zero-order valence-corrected chi connectivity index (χ0v) is 35.9. The molecule has 0 fully saturated rings. The smallest absolute Gasteiger partial charge is 0.387 e. The van der Waals surface area contributed by atoms with Gasteiger partial charge in [-0.2, -0.15) is 0 Å². The largest absolute Gasteiger partial charge is 0.472 e. The molecule has 0 aliphatic rings. The minimum absolute atomic E-state index is 0.0515. The number of rotatable bonds is 38. The van der Waals surface area contributed by atoms with Gasteiger partial charge in [0.25, 0.3) is 0 Å². The van der Waals surface area contributed by atoms with E-state index in [1.165, 1.54) is 103 Å². The van der Waals surface area contributed by atoms with E-state index in [1.807, 2.05) is 27.2 Å². The second kappa shape index (κ2) is 36.1. The standard InChI is InChI=1S/C44H83N2O6P/c1-6-8-10-12-14-16-18-20-21-22-23-24-25-26-28-30-32-34-36-38-44(48)45-42(41-52-53(49,50)51-40-39-46(3,4)5)43(47)37-35-33-31-29-27-19-17-15-13-11-9-7-2/h13,15,22-23,27,29,35,37,42-43,47H,6-12,14,16-21,24-26,28,30-34,36,38-41H2,1-5H3,(H-,45,48,49,50)/p+1/b15-13+,23-22-,29-27+,37-35+. The molecule has 0 saturated carbocycles. The molecule has 0 saturated heterocycles. The van der Waals surface area contributed by atoms with Crippen molar-refractivity contribution in [3.63, 3.8) is 0 Å². The quantitative estimate of drug-likeness (QED) is 0.0250. The second-order valence-electron chi connectivity index (χ2n) is 15.7. The van der Waals surface area contributed by atoms with E-state index >= 15 is 0 Å². The van der Waals surface area contributed by atoms with Crippen LogP contribution in [0.15, 0.2) is 48.6 Å². The molecule has 0 aromatic heterocycles. The number of unbranched alkanes of at least 4 members (excludes halogenated alkanes) is 19. The molecule has 0 spiro atoms. The van der Waals surface area contributed by atoms with Crippen LogP contribution < -0.4 is 5.32 Å². The lowest BCUT2D eigenvalue weighted by molar-refractivity contribution is -0.870. The van der Waals surface area contributed by atoms with Crippen molar-refractivity contribution >= 4 is 13.7 Å². The van der Waals surface area contributed by atoms with Gasteiger partial charge in [0.15, 0.2) is 0 Å². The van der Waals surface area contributed by atoms with Crippen LogP contribution in [0.5, 0.6) is 0 Å². The third kappa shape index (κ3) is 38.5. The van der Waals surface area contributed by atoms with E-state index in [4.69, 9.17) is 9.05 Å². The van der Waals surface area contributed by atoms with E-state index in [-0.39, 0.29) is 19.1 Å². The SMILES string of the molecule is CCCC/C=C/CC/C=C/CC/C=C/C(O)C(COP(=O)(O)OCC[N+](C)(C)C)NC(=O)CCCCCCCCC/C=C\CCCCCCCCCC. The van der Waals surface area contributed by atoms with Gasteiger partial charge in [-0.3, -0.25) is 13.8 Å². The molecule has 8 nitrogen and oxygen atoms in total. The Balaban J connectivity index is 4.45. The van der Waals surface area contributed by atoms with Gasteiger partial charge in [0.05, 0.1) is 39.9 Å². The normalized spacial score (nSPS) is 14.9. The van der Waals surface area contributed by atoms with Gasteiger partial charge in [0, 0.05) is 6.42 Å². The van der Waals surface area contributed by atoms with Gasteiger partial charge in [-0.05, 0) is 64.2 Å². The summed E-state index contributed by atoms with van der Waals surface area (Å²) in [5, 5.41) is 13.7. The molecular weight excluding hydrogens is 683 g/mol. The average molecular weight is 768 g/mol. The number of hydrogen-bond donors (Lipinski definition) is 3. The van der Waals surface area contributed by atoms with E-state index in [1.54, 1.807) is 6.08 Å². The highest BCUT2D eigenvalue weighted by Gasteiger charge is 2.27. The van der Waals surface area contributed by atoms with E-state index < -0.39 is 20.0 Å². The number of phosphoric acid groups is 1. The van der Waals surface area contributed by atoms with Crippen LogP contribution in [0.3, 0.4) is 0 Å². The van der Waals surface area contributed by atoms with Gasteiger partial charge >= 0.3 is 7.82 Å². The van der Waals surface area contributed by atoms with E-state index in [2.05, 4.69) is 55.6 Å². The number of carbonyl (C=O) groups is 1. The summed E-state index contributed by atoms with van der Waals surface area (Å²) in [5.74, 6) is -0.199. The predicted molar refractivity (Wildman–Crippen MR) is 226 cm³/mol. The molecule has 310 valence electrons. The van der Waals surface area contributed by atoms with E-state index in [0.717, 1.165) is 51.4 Å². The highest BCUT2D eigenvalue weighted by Crippen LogP contribution is 2.43. The Morgan fingerprint density at radius 1 is 0.623 bits per heavy atom. The summed E-state index contributed by atoms with van der Waals surface area (Å²) in [5.41, 5.74) is 0. The Kier molecular flexibility index (Phi) is 35.1. The van der Waals surface area contributed by atoms with Crippen LogP contribution in [0.2, 0.25) is 0 Å². The molecule has 0 aromatic carbocycles. The molecule has 0 aromatic rings. The van der Waals surface area contributed by atoms with Gasteiger partial charge in [0.1, 0.15) is 13.2 Å². The highest BCUT2D eigenvalue weighted by atomic mass is 31.2. The van der Waals surface area contributed by atoms with Crippen LogP contribution in [-0.4, -0.2) is 73.4 Å². The minimum atomic E-state index is -4.35. The molecule has 3 unspecified atom stereocenters. The summed E-state index contributed by atoms with van der Waals surface area (Å²) in [6.45, 7) is 4.71. The first-order valence-corrected chi connectivity index (χ1v) is 23.0. The summed E-state index contributed by atoms with van der Waals surface area (Å²) in [6, 6.07) is -0.870. The molecule has 0 radical (unpaired) electrons. The Hall–Kier alpha value is -1.54. The van der Waals surface area contributed by atoms with Gasteiger partial charge in [-0.1, -0.05) is 152 Å². The second-order valence-corrected chi connectivity index (χ2v) is 17.1. The van der Waals surface area contributed by atoms with Gasteiger partial charge < -0.3 is 19.8 Å². The zero-order valence-electron chi connectivity index (χ0n) is 35.0. The molecule has 0 aliphatic heterocycles. The summed E-state index contributed by atoms with van der Waals surface area (Å²) >= 11 is 0. The maximum absolute atomic E-state index is 12.8. The Morgan fingerprint density at radius 2 is 1.06 bits per heavy atom. The number of likely N-dealkylation sites (N-methyl/N-ethyl adjacent to an activating group) is 1. The lowest BCUT2D eigenvalue weighted by atomic mass is 10.1. The molecule has 3 N–H and O–H groups in total. The van der Waals surface area contributed by atoms with Crippen molar-refractivity contribution < 1.29 is 32.9 Å². The van der Waals surface area contributed by atoms with Crippen LogP contribution in [0, 0.1) is 0 Å². The van der Waals surface area contributed by atoms with E-state index in [0.29, 0.717) is 17.4 Å². The summed E-state index contributed by atoms with van der Waals surface area (Å²) in [4.78, 5) is 23.1. The van der Waals surface area contributed by atoms with Crippen molar-refractivity contribution in [3.8, 4) is 0 Å². The van der Waals surface area contributed by atoms with Crippen molar-refractivity contribution in [1.82, 2.24) is 5.32 Å². The third-order valence-corrected chi connectivity index (χ3v) is 10.2. The highest BCUT2D eigenvalue weighted by molar-refractivity contribution is 7.47. The number of aliphatic hydroxyl groups is 1. The predicted octanol–water partition coefficient (Wildman–Crippen LogP) is 11.7. The summed E-state index contributed by atoms with van der Waals surface area (Å²) in [6.07, 6.45) is 44.7. The van der Waals surface area contributed by atoms with Gasteiger partial charge in [-0.15, -0.1) is 0 Å². The third-order valence-electron chi connectivity index (χ3n) is 9.25. The first-order valence-electron chi connectivity index (χ1n) is 21.5. The van der Waals surface area contributed by atoms with Gasteiger partial charge in [-0.25, -0.2) is 4.57 Å². The van der Waals surface area contributed by atoms with Crippen LogP contribution in [0.25, 0.3) is 0 Å². The lowest BCUT2D eigenvalue weighted by Gasteiger charge is -2.25. The van der Waals surface area contributed by atoms with Crippen LogP contribution in [0.1, 0.15) is 174 Å². The lowest BCUT2D eigenvalue weighted by Crippen LogP contribution is -2.45. The van der Waals surface area contributed by atoms with E-state index in [9.17, 15) is 19.4 Å². The number of allylic oxidation sites excluding steroid dienone is 7. The number of hydrogen-bond acceptors (Lipinski definition) is 5. The Bertz CT molecular complexity index is 1010. The van der Waals surface area contributed by atoms with Crippen LogP contribution >= 0.6 is 7.82 Å². The molecule has 0 rings (SSSR count). The fraction of sp³-hybridized carbons (Fsp3) is 0.795. The monoisotopic (exact) mass is 768 g/mol. The first kappa shape index (κ1) is 51.5. The summed E-state index contributed by atoms with van der Waals surface area (Å²) in [7, 11) is 1.54. The van der Waals surface area contributed by atoms with Crippen molar-refractivity contribution in [2.24, 2.45) is 0 Å². The maximum Gasteiger partial charge on any atom is 0.472 e. The van der Waals surface area contributed by atoms with Crippen molar-refractivity contribution in [3.05, 3.63) is 48.6 Å². The molecular formula is C44H84N2O6P+. The zero-order chi connectivity index (χ0) is 39.3. The number of nitrogens with one attached hydrogen (secondary N) is 1. The number of aliphatic hydroxyl groups excluding tert-OH is 1. The van der Waals surface area contributed by atoms with Crippen molar-refractivity contribution in [2.45, 2.75) is 187 Å². The summed E-state index contributed by atoms with van der Waals surface area (Å²) < 4.78 is 23.5. The number of amides is 1. The van der Waals surface area contributed by atoms with Gasteiger partial charge in [0.2, 0.25) is 5.91 Å². The number of nitrogens with zero attached hydrogens (tertiary/aromatic N) is 1. The molecule has 1 amide bonds. The number of carbonyl (C=O) groups excluding carboxylic acids is 1. The minimum Gasteiger partial charge on any atom is -0.387 e. The molecule has 9 heteroatoms. The maximum atomic E-state index is 12.8. The van der Waals surface area contributed by atoms with Crippen LogP contribution in [-0.2, 0) is 18.4 Å². The number of phosphoric ester groups is 1. The number of quaternary nitrogens is 1. The fourth-order valence-electron chi connectivity index (χ4n) is 5.76.